The Morgan fingerprint density at radius 1 is 1.37 bits per heavy atom. The van der Waals surface area contributed by atoms with Crippen molar-refractivity contribution in [3.63, 3.8) is 0 Å². The van der Waals surface area contributed by atoms with Crippen LogP contribution in [-0.2, 0) is 10.0 Å². The van der Waals surface area contributed by atoms with Gasteiger partial charge in [0.1, 0.15) is 5.82 Å². The molecule has 1 aromatic carbocycles. The lowest BCUT2D eigenvalue weighted by atomic mass is 10.3. The molecule has 0 saturated heterocycles. The number of aliphatic hydroxyl groups is 1. The highest BCUT2D eigenvalue weighted by Gasteiger charge is 2.27. The van der Waals surface area contributed by atoms with E-state index in [0.29, 0.717) is 4.31 Å². The van der Waals surface area contributed by atoms with E-state index in [4.69, 9.17) is 10.8 Å². The van der Waals surface area contributed by atoms with Crippen molar-refractivity contribution in [1.82, 2.24) is 4.31 Å². The molecular formula is C10H13F3N2O3S. The number of nitrogens with two attached hydrogens (primary N) is 1. The molecule has 0 fully saturated rings. The maximum atomic E-state index is 13.0. The highest BCUT2D eigenvalue weighted by Crippen LogP contribution is 2.21. The summed E-state index contributed by atoms with van der Waals surface area (Å²) in [5.41, 5.74) is 4.84. The number of hydrogen-bond donors (Lipinski definition) is 2. The van der Waals surface area contributed by atoms with Crippen molar-refractivity contribution in [2.45, 2.75) is 11.3 Å². The van der Waals surface area contributed by atoms with Crippen LogP contribution >= 0.6 is 0 Å². The van der Waals surface area contributed by atoms with Gasteiger partial charge < -0.3 is 10.8 Å². The molecule has 9 heteroatoms. The highest BCUT2D eigenvalue weighted by molar-refractivity contribution is 7.89. The van der Waals surface area contributed by atoms with Gasteiger partial charge in [0.25, 0.3) is 6.43 Å². The lowest BCUT2D eigenvalue weighted by Gasteiger charge is -2.21. The molecule has 3 N–H and O–H groups in total. The van der Waals surface area contributed by atoms with Crippen LogP contribution in [0.15, 0.2) is 23.1 Å². The second-order valence-electron chi connectivity index (χ2n) is 3.66. The second kappa shape index (κ2) is 6.22. The quantitative estimate of drug-likeness (QED) is 0.756. The standard InChI is InChI=1S/C10H13F3N2O3S/c11-8-2-1-7(5-9(8)14)19(17,18)15(3-4-16)6-10(12)13/h1-2,5,10,16H,3-4,6,14H2. The van der Waals surface area contributed by atoms with Crippen LogP contribution in [0.4, 0.5) is 18.9 Å². The first-order valence-corrected chi connectivity index (χ1v) is 6.67. The summed E-state index contributed by atoms with van der Waals surface area (Å²) in [5, 5.41) is 8.72. The summed E-state index contributed by atoms with van der Waals surface area (Å²) in [6, 6.07) is 2.61. The number of aliphatic hydroxyl groups excluding tert-OH is 1. The third-order valence-corrected chi connectivity index (χ3v) is 4.16. The minimum Gasteiger partial charge on any atom is -0.396 e. The summed E-state index contributed by atoms with van der Waals surface area (Å²) in [5.74, 6) is -0.804. The Balaban J connectivity index is 3.14. The monoisotopic (exact) mass is 298 g/mol. The average Bonchev–Trinajstić information content (AvgIpc) is 2.31. The molecule has 0 amide bonds. The van der Waals surface area contributed by atoms with Gasteiger partial charge in [-0.25, -0.2) is 21.6 Å². The Hall–Kier alpha value is -1.32. The van der Waals surface area contributed by atoms with Crippen molar-refractivity contribution in [2.24, 2.45) is 0 Å². The van der Waals surface area contributed by atoms with E-state index in [1.807, 2.05) is 0 Å². The Morgan fingerprint density at radius 2 is 2.00 bits per heavy atom. The third-order valence-electron chi connectivity index (χ3n) is 2.30. The molecular weight excluding hydrogens is 285 g/mol. The van der Waals surface area contributed by atoms with Gasteiger partial charge in [-0.2, -0.15) is 4.31 Å². The average molecular weight is 298 g/mol. The number of sulfonamides is 1. The molecule has 0 unspecified atom stereocenters. The highest BCUT2D eigenvalue weighted by atomic mass is 32.2. The number of nitrogen functional groups attached to an aromatic ring is 1. The zero-order valence-electron chi connectivity index (χ0n) is 9.76. The summed E-state index contributed by atoms with van der Waals surface area (Å²) >= 11 is 0. The van der Waals surface area contributed by atoms with E-state index in [1.165, 1.54) is 0 Å². The Bertz CT molecular complexity index is 537. The van der Waals surface area contributed by atoms with E-state index in [1.54, 1.807) is 0 Å². The molecule has 1 aromatic rings. The number of anilines is 1. The first kappa shape index (κ1) is 15.7. The molecule has 0 aromatic heterocycles. The summed E-state index contributed by atoms with van der Waals surface area (Å²) in [6.45, 7) is -2.15. The lowest BCUT2D eigenvalue weighted by molar-refractivity contribution is 0.113. The molecule has 0 heterocycles. The third kappa shape index (κ3) is 3.82. The fourth-order valence-corrected chi connectivity index (χ4v) is 2.85. The molecule has 0 spiro atoms. The van der Waals surface area contributed by atoms with Crippen molar-refractivity contribution < 1.29 is 26.7 Å². The topological polar surface area (TPSA) is 83.6 Å². The Morgan fingerprint density at radius 3 is 2.47 bits per heavy atom. The van der Waals surface area contributed by atoms with Crippen LogP contribution in [0.1, 0.15) is 0 Å². The molecule has 0 aliphatic rings. The van der Waals surface area contributed by atoms with Gasteiger partial charge in [0, 0.05) is 6.54 Å². The number of benzene rings is 1. The van der Waals surface area contributed by atoms with Crippen molar-refractivity contribution in [1.29, 1.82) is 0 Å². The maximum absolute atomic E-state index is 13.0. The van der Waals surface area contributed by atoms with Crippen molar-refractivity contribution in [3.8, 4) is 0 Å². The molecule has 0 bridgehead atoms. The predicted octanol–water partition coefficient (Wildman–Crippen LogP) is 0.656. The molecule has 0 aliphatic heterocycles. The van der Waals surface area contributed by atoms with Crippen molar-refractivity contribution in [3.05, 3.63) is 24.0 Å². The minimum absolute atomic E-state index is 0.401. The minimum atomic E-state index is -4.25. The van der Waals surface area contributed by atoms with Gasteiger partial charge in [-0.15, -0.1) is 0 Å². The Kier molecular flexibility index (Phi) is 5.15. The zero-order chi connectivity index (χ0) is 14.6. The van der Waals surface area contributed by atoms with Gasteiger partial charge in [-0.1, -0.05) is 0 Å². The van der Waals surface area contributed by atoms with Gasteiger partial charge in [0.05, 0.1) is 23.7 Å². The van der Waals surface area contributed by atoms with Crippen LogP contribution in [0.25, 0.3) is 0 Å². The smallest absolute Gasteiger partial charge is 0.252 e. The number of hydrogen-bond acceptors (Lipinski definition) is 4. The van der Waals surface area contributed by atoms with Crippen LogP contribution in [0, 0.1) is 5.82 Å². The molecule has 0 radical (unpaired) electrons. The first-order valence-electron chi connectivity index (χ1n) is 5.23. The summed E-state index contributed by atoms with van der Waals surface area (Å²) in [7, 11) is -4.25. The molecule has 1 rings (SSSR count). The number of rotatable bonds is 6. The Labute approximate surface area is 108 Å². The van der Waals surface area contributed by atoms with E-state index >= 15 is 0 Å². The molecule has 0 atom stereocenters. The second-order valence-corrected chi connectivity index (χ2v) is 5.60. The van der Waals surface area contributed by atoms with E-state index in [9.17, 15) is 21.6 Å². The van der Waals surface area contributed by atoms with Crippen LogP contribution in [0.5, 0.6) is 0 Å². The number of halogens is 3. The van der Waals surface area contributed by atoms with Gasteiger partial charge in [-0.3, -0.25) is 0 Å². The summed E-state index contributed by atoms with van der Waals surface area (Å²) in [4.78, 5) is -0.402. The van der Waals surface area contributed by atoms with E-state index in [-0.39, 0.29) is 0 Å². The fraction of sp³-hybridized carbons (Fsp3) is 0.400. The van der Waals surface area contributed by atoms with Crippen molar-refractivity contribution >= 4 is 15.7 Å². The van der Waals surface area contributed by atoms with Gasteiger partial charge in [0.15, 0.2) is 0 Å². The first-order chi connectivity index (χ1) is 8.78. The van der Waals surface area contributed by atoms with E-state index in [2.05, 4.69) is 0 Å². The molecule has 19 heavy (non-hydrogen) atoms. The van der Waals surface area contributed by atoms with Gasteiger partial charge in [0.2, 0.25) is 10.0 Å². The zero-order valence-corrected chi connectivity index (χ0v) is 10.6. The fourth-order valence-electron chi connectivity index (χ4n) is 1.41. The van der Waals surface area contributed by atoms with E-state index in [0.717, 1.165) is 18.2 Å². The van der Waals surface area contributed by atoms with Crippen molar-refractivity contribution in [2.75, 3.05) is 25.4 Å². The molecule has 0 saturated carbocycles. The predicted molar refractivity (Wildman–Crippen MR) is 62.7 cm³/mol. The van der Waals surface area contributed by atoms with Crippen LogP contribution < -0.4 is 5.73 Å². The van der Waals surface area contributed by atoms with E-state index < -0.39 is 52.5 Å². The van der Waals surface area contributed by atoms with Gasteiger partial charge in [-0.05, 0) is 18.2 Å². The van der Waals surface area contributed by atoms with Crippen LogP contribution in [0.3, 0.4) is 0 Å². The molecule has 0 aliphatic carbocycles. The lowest BCUT2D eigenvalue weighted by Crippen LogP contribution is -2.37. The SMILES string of the molecule is Nc1cc(S(=O)(=O)N(CCO)CC(F)F)ccc1F. The molecule has 108 valence electrons. The summed E-state index contributed by atoms with van der Waals surface area (Å²) < 4.78 is 62.1. The largest absolute Gasteiger partial charge is 0.396 e. The normalized spacial score (nSPS) is 12.3. The summed E-state index contributed by atoms with van der Waals surface area (Å²) in [6.07, 6.45) is -2.89. The van der Waals surface area contributed by atoms with Gasteiger partial charge >= 0.3 is 0 Å². The van der Waals surface area contributed by atoms with Crippen LogP contribution in [0.2, 0.25) is 0 Å². The van der Waals surface area contributed by atoms with Crippen LogP contribution in [-0.4, -0.2) is 44.0 Å². The maximum Gasteiger partial charge on any atom is 0.252 e. The number of alkyl halides is 2. The molecule has 5 nitrogen and oxygen atoms in total. The number of nitrogens with zero attached hydrogens (tertiary/aromatic N) is 1.